The van der Waals surface area contributed by atoms with Crippen molar-refractivity contribution in [3.8, 4) is 0 Å². The average Bonchev–Trinajstić information content (AvgIpc) is 2.61. The SMILES string of the molecule is FC(F)(F)c1nc(Nc2cccc3cccnc23)c2ccccc2n1. The Morgan fingerprint density at radius 2 is 1.64 bits per heavy atom. The topological polar surface area (TPSA) is 50.7 Å². The maximum Gasteiger partial charge on any atom is 0.451 e. The van der Waals surface area contributed by atoms with Gasteiger partial charge < -0.3 is 5.32 Å². The normalized spacial score (nSPS) is 11.8. The van der Waals surface area contributed by atoms with Gasteiger partial charge in [-0.15, -0.1) is 0 Å². The number of benzene rings is 2. The van der Waals surface area contributed by atoms with Crippen LogP contribution in [0.25, 0.3) is 21.8 Å². The van der Waals surface area contributed by atoms with E-state index in [9.17, 15) is 13.2 Å². The number of para-hydroxylation sites is 2. The second-order valence-corrected chi connectivity index (χ2v) is 5.42. The molecule has 0 aliphatic carbocycles. The third-order valence-electron chi connectivity index (χ3n) is 3.74. The van der Waals surface area contributed by atoms with E-state index in [0.717, 1.165) is 5.39 Å². The molecule has 0 bridgehead atoms. The lowest BCUT2D eigenvalue weighted by atomic mass is 10.2. The van der Waals surface area contributed by atoms with Gasteiger partial charge in [0.25, 0.3) is 0 Å². The lowest BCUT2D eigenvalue weighted by Crippen LogP contribution is -2.12. The van der Waals surface area contributed by atoms with Crippen LogP contribution in [-0.2, 0) is 6.18 Å². The van der Waals surface area contributed by atoms with E-state index in [4.69, 9.17) is 0 Å². The fourth-order valence-corrected chi connectivity index (χ4v) is 2.63. The smallest absolute Gasteiger partial charge is 0.338 e. The third kappa shape index (κ3) is 2.84. The zero-order chi connectivity index (χ0) is 17.4. The zero-order valence-corrected chi connectivity index (χ0v) is 12.7. The highest BCUT2D eigenvalue weighted by Gasteiger charge is 2.35. The van der Waals surface area contributed by atoms with Gasteiger partial charge in [-0.3, -0.25) is 4.98 Å². The van der Waals surface area contributed by atoms with Gasteiger partial charge >= 0.3 is 6.18 Å². The summed E-state index contributed by atoms with van der Waals surface area (Å²) in [4.78, 5) is 11.6. The van der Waals surface area contributed by atoms with Crippen molar-refractivity contribution in [3.63, 3.8) is 0 Å². The molecule has 7 heteroatoms. The molecule has 0 spiro atoms. The van der Waals surface area contributed by atoms with Crippen LogP contribution in [0.2, 0.25) is 0 Å². The van der Waals surface area contributed by atoms with Crippen molar-refractivity contribution in [2.24, 2.45) is 0 Å². The molecule has 25 heavy (non-hydrogen) atoms. The number of alkyl halides is 3. The van der Waals surface area contributed by atoms with Gasteiger partial charge in [-0.1, -0.05) is 30.3 Å². The minimum atomic E-state index is -4.63. The van der Waals surface area contributed by atoms with Crippen LogP contribution >= 0.6 is 0 Å². The minimum Gasteiger partial charge on any atom is -0.338 e. The van der Waals surface area contributed by atoms with Crippen molar-refractivity contribution in [3.05, 3.63) is 66.6 Å². The first kappa shape index (κ1) is 15.3. The molecule has 4 rings (SSSR count). The Morgan fingerprint density at radius 1 is 0.840 bits per heavy atom. The molecule has 0 aliphatic rings. The Kier molecular flexibility index (Phi) is 3.49. The number of nitrogens with zero attached hydrogens (tertiary/aromatic N) is 3. The predicted octanol–water partition coefficient (Wildman–Crippen LogP) is 4.94. The van der Waals surface area contributed by atoms with Gasteiger partial charge in [0, 0.05) is 17.0 Å². The number of aromatic nitrogens is 3. The highest BCUT2D eigenvalue weighted by atomic mass is 19.4. The summed E-state index contributed by atoms with van der Waals surface area (Å²) in [6.07, 6.45) is -3.00. The number of hydrogen-bond donors (Lipinski definition) is 1. The van der Waals surface area contributed by atoms with Crippen LogP contribution in [0.1, 0.15) is 5.82 Å². The Labute approximate surface area is 140 Å². The quantitative estimate of drug-likeness (QED) is 0.561. The van der Waals surface area contributed by atoms with Crippen LogP contribution in [0.3, 0.4) is 0 Å². The number of hydrogen-bond acceptors (Lipinski definition) is 4. The monoisotopic (exact) mass is 340 g/mol. The highest BCUT2D eigenvalue weighted by Crippen LogP contribution is 2.32. The van der Waals surface area contributed by atoms with Crippen LogP contribution in [0.15, 0.2) is 60.8 Å². The van der Waals surface area contributed by atoms with E-state index in [0.29, 0.717) is 16.6 Å². The van der Waals surface area contributed by atoms with Crippen LogP contribution < -0.4 is 5.32 Å². The molecule has 0 saturated heterocycles. The summed E-state index contributed by atoms with van der Waals surface area (Å²) in [5, 5.41) is 4.37. The van der Waals surface area contributed by atoms with Gasteiger partial charge in [-0.2, -0.15) is 13.2 Å². The molecule has 2 heterocycles. The summed E-state index contributed by atoms with van der Waals surface area (Å²) in [5.41, 5.74) is 1.46. The fraction of sp³-hybridized carbons (Fsp3) is 0.0556. The van der Waals surface area contributed by atoms with Crippen molar-refractivity contribution in [1.29, 1.82) is 0 Å². The van der Waals surface area contributed by atoms with E-state index in [2.05, 4.69) is 20.3 Å². The molecule has 1 N–H and O–H groups in total. The van der Waals surface area contributed by atoms with Crippen molar-refractivity contribution in [2.45, 2.75) is 6.18 Å². The van der Waals surface area contributed by atoms with E-state index in [1.165, 1.54) is 6.07 Å². The number of halogens is 3. The first-order valence-corrected chi connectivity index (χ1v) is 7.47. The van der Waals surface area contributed by atoms with Gasteiger partial charge in [0.15, 0.2) is 0 Å². The molecule has 124 valence electrons. The number of fused-ring (bicyclic) bond motifs is 2. The summed E-state index contributed by atoms with van der Waals surface area (Å²) < 4.78 is 39.4. The molecule has 2 aromatic carbocycles. The van der Waals surface area contributed by atoms with Crippen molar-refractivity contribution >= 4 is 33.3 Å². The van der Waals surface area contributed by atoms with Crippen molar-refractivity contribution in [1.82, 2.24) is 15.0 Å². The van der Waals surface area contributed by atoms with E-state index in [1.807, 2.05) is 12.1 Å². The van der Waals surface area contributed by atoms with E-state index in [1.54, 1.807) is 42.6 Å². The Bertz CT molecular complexity index is 1070. The summed E-state index contributed by atoms with van der Waals surface area (Å²) in [5.74, 6) is -1.09. The Morgan fingerprint density at radius 3 is 2.48 bits per heavy atom. The molecule has 0 amide bonds. The largest absolute Gasteiger partial charge is 0.451 e. The molecule has 0 radical (unpaired) electrons. The Hall–Kier alpha value is -3.22. The molecule has 0 aliphatic heterocycles. The number of anilines is 2. The van der Waals surface area contributed by atoms with E-state index < -0.39 is 12.0 Å². The molecule has 0 unspecified atom stereocenters. The summed E-state index contributed by atoms with van der Waals surface area (Å²) in [6.45, 7) is 0. The Balaban J connectivity index is 1.91. The molecular formula is C18H11F3N4. The second kappa shape index (κ2) is 5.70. The average molecular weight is 340 g/mol. The standard InChI is InChI=1S/C18H11F3N4/c19-18(20,21)17-24-13-8-2-1-7-12(13)16(25-17)23-14-9-3-5-11-6-4-10-22-15(11)14/h1-10H,(H,23,24,25). The third-order valence-corrected chi connectivity index (χ3v) is 3.74. The van der Waals surface area contributed by atoms with Gasteiger partial charge in [-0.25, -0.2) is 9.97 Å². The van der Waals surface area contributed by atoms with Crippen LogP contribution in [0, 0.1) is 0 Å². The molecule has 0 saturated carbocycles. The second-order valence-electron chi connectivity index (χ2n) is 5.42. The maximum atomic E-state index is 13.1. The molecular weight excluding hydrogens is 329 g/mol. The molecule has 4 aromatic rings. The molecule has 4 nitrogen and oxygen atoms in total. The number of nitrogens with one attached hydrogen (secondary N) is 1. The zero-order valence-electron chi connectivity index (χ0n) is 12.7. The van der Waals surface area contributed by atoms with Crippen LogP contribution in [-0.4, -0.2) is 15.0 Å². The van der Waals surface area contributed by atoms with Crippen molar-refractivity contribution in [2.75, 3.05) is 5.32 Å². The molecule has 2 aromatic heterocycles. The van der Waals surface area contributed by atoms with E-state index >= 15 is 0 Å². The van der Waals surface area contributed by atoms with Crippen LogP contribution in [0.4, 0.5) is 24.7 Å². The number of rotatable bonds is 2. The lowest BCUT2D eigenvalue weighted by Gasteiger charge is -2.13. The summed E-state index contributed by atoms with van der Waals surface area (Å²) >= 11 is 0. The molecule has 0 atom stereocenters. The predicted molar refractivity (Wildman–Crippen MR) is 89.6 cm³/mol. The maximum absolute atomic E-state index is 13.1. The minimum absolute atomic E-state index is 0.0936. The first-order valence-electron chi connectivity index (χ1n) is 7.47. The van der Waals surface area contributed by atoms with Crippen LogP contribution in [0.5, 0.6) is 0 Å². The fourth-order valence-electron chi connectivity index (χ4n) is 2.63. The van der Waals surface area contributed by atoms with Gasteiger partial charge in [0.05, 0.1) is 16.7 Å². The van der Waals surface area contributed by atoms with Gasteiger partial charge in [0.1, 0.15) is 5.82 Å². The summed E-state index contributed by atoms with van der Waals surface area (Å²) in [6, 6.07) is 15.7. The molecule has 0 fully saturated rings. The van der Waals surface area contributed by atoms with Gasteiger partial charge in [0.2, 0.25) is 5.82 Å². The summed E-state index contributed by atoms with van der Waals surface area (Å²) in [7, 11) is 0. The van der Waals surface area contributed by atoms with Gasteiger partial charge in [-0.05, 0) is 24.3 Å². The van der Waals surface area contributed by atoms with E-state index in [-0.39, 0.29) is 11.3 Å². The van der Waals surface area contributed by atoms with Crippen molar-refractivity contribution < 1.29 is 13.2 Å². The number of pyridine rings is 1. The first-order chi connectivity index (χ1) is 12.0. The highest BCUT2D eigenvalue weighted by molar-refractivity contribution is 5.96. The lowest BCUT2D eigenvalue weighted by molar-refractivity contribution is -0.144.